The van der Waals surface area contributed by atoms with Crippen LogP contribution >= 0.6 is 0 Å². The molecule has 1 aromatic carbocycles. The number of aromatic nitrogens is 2. The molecule has 0 atom stereocenters. The van der Waals surface area contributed by atoms with Crippen LogP contribution in [0, 0.1) is 11.6 Å². The summed E-state index contributed by atoms with van der Waals surface area (Å²) in [6.45, 7) is 3.93. The van der Waals surface area contributed by atoms with E-state index in [9.17, 15) is 17.2 Å². The summed E-state index contributed by atoms with van der Waals surface area (Å²) in [6.07, 6.45) is 2.33. The van der Waals surface area contributed by atoms with Gasteiger partial charge in [-0.05, 0) is 30.4 Å². The number of halogens is 2. The minimum Gasteiger partial charge on any atom is -0.281 e. The van der Waals surface area contributed by atoms with Crippen LogP contribution in [0.25, 0.3) is 0 Å². The number of nitrogens with one attached hydrogen (secondary N) is 1. The molecule has 0 amide bonds. The zero-order valence-corrected chi connectivity index (χ0v) is 13.6. The normalized spacial score (nSPS) is 15.1. The lowest BCUT2D eigenvalue weighted by Gasteiger charge is -2.30. The summed E-state index contributed by atoms with van der Waals surface area (Å²) in [4.78, 5) is 0.0742. The van der Waals surface area contributed by atoms with E-state index in [0.717, 1.165) is 16.4 Å². The molecule has 1 aliphatic heterocycles. The molecule has 124 valence electrons. The number of fused-ring (bicyclic) bond motifs is 1. The third-order valence-electron chi connectivity index (χ3n) is 3.98. The molecule has 5 nitrogen and oxygen atoms in total. The second kappa shape index (κ2) is 5.59. The summed E-state index contributed by atoms with van der Waals surface area (Å²) in [6, 6.07) is 2.03. The summed E-state index contributed by atoms with van der Waals surface area (Å²) in [7, 11) is -3.89. The van der Waals surface area contributed by atoms with Gasteiger partial charge in [-0.25, -0.2) is 17.2 Å². The molecule has 1 aromatic heterocycles. The molecule has 0 aliphatic carbocycles. The summed E-state index contributed by atoms with van der Waals surface area (Å²) in [5, 5.41) is 6.53. The highest BCUT2D eigenvalue weighted by Crippen LogP contribution is 2.35. The van der Waals surface area contributed by atoms with Crippen LogP contribution in [0.15, 0.2) is 23.2 Å². The van der Waals surface area contributed by atoms with Crippen LogP contribution in [-0.4, -0.2) is 25.2 Å². The van der Waals surface area contributed by atoms with E-state index in [1.807, 2.05) is 13.8 Å². The average Bonchev–Trinajstić information content (AvgIpc) is 2.98. The lowest BCUT2D eigenvalue weighted by Crippen LogP contribution is -2.36. The highest BCUT2D eigenvalue weighted by molar-refractivity contribution is 7.92. The quantitative estimate of drug-likeness (QED) is 0.933. The van der Waals surface area contributed by atoms with Gasteiger partial charge in [0.15, 0.2) is 11.6 Å². The lowest BCUT2D eigenvalue weighted by molar-refractivity contribution is 0.505. The molecular formula is C15H17F2N3O2S. The fourth-order valence-corrected chi connectivity index (χ4v) is 4.60. The van der Waals surface area contributed by atoms with Gasteiger partial charge >= 0.3 is 0 Å². The van der Waals surface area contributed by atoms with Gasteiger partial charge in [0.1, 0.15) is 4.90 Å². The smallest absolute Gasteiger partial charge is 0.267 e. The maximum Gasteiger partial charge on any atom is 0.267 e. The predicted molar refractivity (Wildman–Crippen MR) is 81.9 cm³/mol. The zero-order valence-electron chi connectivity index (χ0n) is 12.8. The second-order valence-corrected chi connectivity index (χ2v) is 7.71. The number of aryl methyl sites for hydroxylation is 1. The predicted octanol–water partition coefficient (Wildman–Crippen LogP) is 2.95. The zero-order chi connectivity index (χ0) is 16.8. The van der Waals surface area contributed by atoms with Crippen molar-refractivity contribution in [3.63, 3.8) is 0 Å². The summed E-state index contributed by atoms with van der Waals surface area (Å²) in [5.41, 5.74) is 1.19. The molecule has 2 heterocycles. The van der Waals surface area contributed by atoms with E-state index in [2.05, 4.69) is 10.2 Å². The monoisotopic (exact) mass is 341 g/mol. The van der Waals surface area contributed by atoms with Gasteiger partial charge < -0.3 is 0 Å². The Hall–Kier alpha value is -1.96. The Kier molecular flexibility index (Phi) is 3.87. The Bertz CT molecular complexity index is 846. The molecule has 0 radical (unpaired) electrons. The SMILES string of the molecule is CC(C)c1[nH]ncc1S(=O)(=O)N1CCCc2cc(F)c(F)cc21. The molecule has 2 aromatic rings. The molecule has 0 spiro atoms. The topological polar surface area (TPSA) is 66.1 Å². The number of hydrogen-bond acceptors (Lipinski definition) is 3. The number of sulfonamides is 1. The van der Waals surface area contributed by atoms with Gasteiger partial charge in [0.25, 0.3) is 10.0 Å². The van der Waals surface area contributed by atoms with Gasteiger partial charge in [0.05, 0.1) is 17.6 Å². The van der Waals surface area contributed by atoms with Gasteiger partial charge in [0.2, 0.25) is 0 Å². The first-order valence-electron chi connectivity index (χ1n) is 7.36. The molecule has 0 unspecified atom stereocenters. The van der Waals surface area contributed by atoms with Crippen molar-refractivity contribution in [1.82, 2.24) is 10.2 Å². The van der Waals surface area contributed by atoms with Crippen LogP contribution in [0.3, 0.4) is 0 Å². The van der Waals surface area contributed by atoms with E-state index in [1.54, 1.807) is 0 Å². The first-order chi connectivity index (χ1) is 10.8. The van der Waals surface area contributed by atoms with E-state index in [-0.39, 0.29) is 23.0 Å². The maximum absolute atomic E-state index is 13.6. The highest BCUT2D eigenvalue weighted by Gasteiger charge is 2.33. The average molecular weight is 341 g/mol. The van der Waals surface area contributed by atoms with Crippen molar-refractivity contribution in [2.75, 3.05) is 10.8 Å². The van der Waals surface area contributed by atoms with E-state index < -0.39 is 21.7 Å². The van der Waals surface area contributed by atoms with Crippen LogP contribution in [0.2, 0.25) is 0 Å². The van der Waals surface area contributed by atoms with Crippen molar-refractivity contribution in [3.05, 3.63) is 41.2 Å². The number of nitrogens with zero attached hydrogens (tertiary/aromatic N) is 2. The van der Waals surface area contributed by atoms with Gasteiger partial charge in [-0.1, -0.05) is 13.8 Å². The third kappa shape index (κ3) is 2.60. The second-order valence-electron chi connectivity index (χ2n) is 5.88. The van der Waals surface area contributed by atoms with Gasteiger partial charge in [-0.2, -0.15) is 5.10 Å². The molecule has 23 heavy (non-hydrogen) atoms. The lowest BCUT2D eigenvalue weighted by atomic mass is 10.0. The Morgan fingerprint density at radius 3 is 2.65 bits per heavy atom. The largest absolute Gasteiger partial charge is 0.281 e. The van der Waals surface area contributed by atoms with E-state index >= 15 is 0 Å². The molecule has 0 saturated heterocycles. The minimum atomic E-state index is -3.89. The number of aromatic amines is 1. The van der Waals surface area contributed by atoms with Crippen molar-refractivity contribution in [2.24, 2.45) is 0 Å². The Labute approximate surface area is 133 Å². The summed E-state index contributed by atoms with van der Waals surface area (Å²) < 4.78 is 54.1. The Morgan fingerprint density at radius 2 is 1.96 bits per heavy atom. The molecule has 3 rings (SSSR count). The van der Waals surface area contributed by atoms with Gasteiger partial charge in [0, 0.05) is 12.6 Å². The molecule has 0 bridgehead atoms. The van der Waals surface area contributed by atoms with Crippen molar-refractivity contribution in [3.8, 4) is 0 Å². The summed E-state index contributed by atoms with van der Waals surface area (Å²) in [5.74, 6) is -2.08. The number of hydrogen-bond donors (Lipinski definition) is 1. The van der Waals surface area contributed by atoms with Crippen molar-refractivity contribution in [2.45, 2.75) is 37.5 Å². The first kappa shape index (κ1) is 15.9. The number of anilines is 1. The molecule has 0 fully saturated rings. The van der Waals surface area contributed by atoms with E-state index in [1.165, 1.54) is 6.20 Å². The summed E-state index contributed by atoms with van der Waals surface area (Å²) >= 11 is 0. The Morgan fingerprint density at radius 1 is 1.26 bits per heavy atom. The van der Waals surface area contributed by atoms with Crippen molar-refractivity contribution >= 4 is 15.7 Å². The van der Waals surface area contributed by atoms with Crippen LogP contribution in [0.4, 0.5) is 14.5 Å². The maximum atomic E-state index is 13.6. The fraction of sp³-hybridized carbons (Fsp3) is 0.400. The van der Waals surface area contributed by atoms with Crippen molar-refractivity contribution < 1.29 is 17.2 Å². The van der Waals surface area contributed by atoms with Crippen molar-refractivity contribution in [1.29, 1.82) is 0 Å². The Balaban J connectivity index is 2.13. The van der Waals surface area contributed by atoms with Crippen LogP contribution in [0.5, 0.6) is 0 Å². The molecule has 0 saturated carbocycles. The van der Waals surface area contributed by atoms with Crippen LogP contribution in [0.1, 0.15) is 37.4 Å². The number of benzene rings is 1. The minimum absolute atomic E-state index is 0.0588. The first-order valence-corrected chi connectivity index (χ1v) is 8.80. The fourth-order valence-electron chi connectivity index (χ4n) is 2.82. The number of H-pyrrole nitrogens is 1. The molecular weight excluding hydrogens is 324 g/mol. The van der Waals surface area contributed by atoms with E-state index in [4.69, 9.17) is 0 Å². The van der Waals surface area contributed by atoms with E-state index in [0.29, 0.717) is 24.1 Å². The highest BCUT2D eigenvalue weighted by atomic mass is 32.2. The van der Waals surface area contributed by atoms with Crippen LogP contribution in [-0.2, 0) is 16.4 Å². The molecule has 8 heteroatoms. The standard InChI is InChI=1S/C15H17F2N3O2S/c1-9(2)15-14(8-18-19-15)23(21,22)20-5-3-4-10-6-11(16)12(17)7-13(10)20/h6-9H,3-5H2,1-2H3,(H,18,19). The van der Waals surface area contributed by atoms with Gasteiger partial charge in [-0.15, -0.1) is 0 Å². The third-order valence-corrected chi connectivity index (χ3v) is 5.82. The molecule has 1 aliphatic rings. The number of rotatable bonds is 3. The van der Waals surface area contributed by atoms with Gasteiger partial charge in [-0.3, -0.25) is 9.40 Å². The van der Waals surface area contributed by atoms with Crippen LogP contribution < -0.4 is 4.31 Å². The molecule has 1 N–H and O–H groups in total.